The summed E-state index contributed by atoms with van der Waals surface area (Å²) in [7, 11) is 1.85. The summed E-state index contributed by atoms with van der Waals surface area (Å²) in [6, 6.07) is 4.77. The summed E-state index contributed by atoms with van der Waals surface area (Å²) in [6.45, 7) is 4.86. The molecule has 2 aromatic rings. The van der Waals surface area contributed by atoms with E-state index < -0.39 is 0 Å². The molecule has 23 heavy (non-hydrogen) atoms. The van der Waals surface area contributed by atoms with Gasteiger partial charge in [0.1, 0.15) is 5.82 Å². The smallest absolute Gasteiger partial charge is 0.243 e. The molecule has 0 spiro atoms. The van der Waals surface area contributed by atoms with Crippen LogP contribution in [0.2, 0.25) is 0 Å². The summed E-state index contributed by atoms with van der Waals surface area (Å²) in [5, 5.41) is 7.25. The van der Waals surface area contributed by atoms with Gasteiger partial charge in [-0.05, 0) is 50.5 Å². The Hall–Kier alpha value is -2.37. The van der Waals surface area contributed by atoms with Gasteiger partial charge in [-0.25, -0.2) is 4.39 Å². The molecule has 1 aromatic carbocycles. The van der Waals surface area contributed by atoms with Crippen molar-refractivity contribution in [1.82, 2.24) is 9.78 Å². The summed E-state index contributed by atoms with van der Waals surface area (Å²) in [5.74, 6) is -0.307. The Labute approximate surface area is 135 Å². The summed E-state index contributed by atoms with van der Waals surface area (Å²) < 4.78 is 15.1. The van der Waals surface area contributed by atoms with E-state index in [1.54, 1.807) is 16.8 Å². The van der Waals surface area contributed by atoms with Gasteiger partial charge in [0, 0.05) is 19.3 Å². The maximum Gasteiger partial charge on any atom is 0.243 e. The molecule has 0 atom stereocenters. The van der Waals surface area contributed by atoms with Gasteiger partial charge in [-0.3, -0.25) is 9.48 Å². The number of fused-ring (bicyclic) bond motifs is 1. The second kappa shape index (κ2) is 6.02. The van der Waals surface area contributed by atoms with Gasteiger partial charge in [0.2, 0.25) is 5.91 Å². The highest BCUT2D eigenvalue weighted by atomic mass is 19.1. The van der Waals surface area contributed by atoms with Crippen LogP contribution in [0.4, 0.5) is 15.8 Å². The zero-order chi connectivity index (χ0) is 16.6. The minimum absolute atomic E-state index is 0.0821. The van der Waals surface area contributed by atoms with Gasteiger partial charge in [0.15, 0.2) is 0 Å². The lowest BCUT2D eigenvalue weighted by atomic mass is 10.0. The predicted octanol–water partition coefficient (Wildman–Crippen LogP) is 2.57. The maximum atomic E-state index is 13.4. The number of amides is 1. The van der Waals surface area contributed by atoms with E-state index in [9.17, 15) is 9.18 Å². The van der Waals surface area contributed by atoms with Gasteiger partial charge < -0.3 is 10.2 Å². The average molecular weight is 316 g/mol. The topological polar surface area (TPSA) is 50.2 Å². The minimum atomic E-state index is -0.225. The molecule has 3 rings (SSSR count). The number of anilines is 2. The van der Waals surface area contributed by atoms with Crippen molar-refractivity contribution in [2.24, 2.45) is 7.05 Å². The van der Waals surface area contributed by atoms with Crippen molar-refractivity contribution in [3.63, 3.8) is 0 Å². The Balaban J connectivity index is 1.74. The van der Waals surface area contributed by atoms with Crippen LogP contribution in [-0.2, 0) is 18.3 Å². The number of carbonyl (C=O) groups excluding carboxylic acids is 1. The molecule has 2 heterocycles. The molecule has 5 nitrogen and oxygen atoms in total. The summed E-state index contributed by atoms with van der Waals surface area (Å²) in [6.07, 6.45) is 1.78. The Bertz CT molecular complexity index is 753. The number of aryl methyl sites for hydroxylation is 3. The third kappa shape index (κ3) is 3.06. The van der Waals surface area contributed by atoms with Crippen molar-refractivity contribution < 1.29 is 9.18 Å². The first-order valence-corrected chi connectivity index (χ1v) is 7.79. The van der Waals surface area contributed by atoms with Crippen molar-refractivity contribution in [3.05, 3.63) is 41.0 Å². The number of nitrogens with zero attached hydrogens (tertiary/aromatic N) is 3. The van der Waals surface area contributed by atoms with Crippen molar-refractivity contribution in [1.29, 1.82) is 0 Å². The van der Waals surface area contributed by atoms with E-state index in [2.05, 4.69) is 10.4 Å². The predicted molar refractivity (Wildman–Crippen MR) is 88.2 cm³/mol. The first kappa shape index (κ1) is 15.5. The summed E-state index contributed by atoms with van der Waals surface area (Å²) >= 11 is 0. The first-order chi connectivity index (χ1) is 11.0. The van der Waals surface area contributed by atoms with E-state index in [1.807, 2.05) is 25.8 Å². The van der Waals surface area contributed by atoms with Gasteiger partial charge in [-0.1, -0.05) is 0 Å². The lowest BCUT2D eigenvalue weighted by Crippen LogP contribution is -2.37. The number of nitrogens with one attached hydrogen (secondary N) is 1. The van der Waals surface area contributed by atoms with Crippen LogP contribution in [0.5, 0.6) is 0 Å². The number of hydrogen-bond donors (Lipinski definition) is 1. The highest BCUT2D eigenvalue weighted by Gasteiger charge is 2.20. The second-order valence-electron chi connectivity index (χ2n) is 6.02. The van der Waals surface area contributed by atoms with Crippen molar-refractivity contribution in [2.45, 2.75) is 26.7 Å². The minimum Gasteiger partial charge on any atom is -0.362 e. The fourth-order valence-electron chi connectivity index (χ4n) is 3.11. The van der Waals surface area contributed by atoms with Crippen LogP contribution < -0.4 is 10.2 Å². The van der Waals surface area contributed by atoms with E-state index >= 15 is 0 Å². The standard InChI is InChI=1S/C17H21FN4O/c1-11-17(12(2)21(3)20-11)19-16(23)10-22-8-4-5-13-9-14(18)6-7-15(13)22/h6-7,9H,4-5,8,10H2,1-3H3,(H,19,23). The van der Waals surface area contributed by atoms with Crippen LogP contribution in [-0.4, -0.2) is 28.8 Å². The van der Waals surface area contributed by atoms with E-state index in [1.165, 1.54) is 6.07 Å². The molecule has 6 heteroatoms. The molecule has 122 valence electrons. The zero-order valence-electron chi connectivity index (χ0n) is 13.7. The molecule has 0 saturated heterocycles. The molecule has 1 amide bonds. The van der Waals surface area contributed by atoms with Gasteiger partial charge >= 0.3 is 0 Å². The summed E-state index contributed by atoms with van der Waals surface area (Å²) in [4.78, 5) is 14.4. The van der Waals surface area contributed by atoms with Crippen LogP contribution in [0.15, 0.2) is 18.2 Å². The number of benzene rings is 1. The lowest BCUT2D eigenvalue weighted by Gasteiger charge is -2.30. The maximum absolute atomic E-state index is 13.4. The molecule has 0 radical (unpaired) electrons. The van der Waals surface area contributed by atoms with Gasteiger partial charge in [0.25, 0.3) is 0 Å². The highest BCUT2D eigenvalue weighted by Crippen LogP contribution is 2.27. The monoisotopic (exact) mass is 316 g/mol. The SMILES string of the molecule is Cc1nn(C)c(C)c1NC(=O)CN1CCCc2cc(F)ccc21. The van der Waals surface area contributed by atoms with E-state index in [-0.39, 0.29) is 18.3 Å². The molecule has 0 aliphatic carbocycles. The Morgan fingerprint density at radius 2 is 2.17 bits per heavy atom. The fourth-order valence-corrected chi connectivity index (χ4v) is 3.11. The quantitative estimate of drug-likeness (QED) is 0.947. The average Bonchev–Trinajstić information content (AvgIpc) is 2.73. The molecule has 0 unspecified atom stereocenters. The molecule has 1 N–H and O–H groups in total. The Morgan fingerprint density at radius 1 is 1.39 bits per heavy atom. The molecule has 1 aliphatic heterocycles. The lowest BCUT2D eigenvalue weighted by molar-refractivity contribution is -0.115. The largest absolute Gasteiger partial charge is 0.362 e. The van der Waals surface area contributed by atoms with Crippen LogP contribution in [0.3, 0.4) is 0 Å². The van der Waals surface area contributed by atoms with E-state index in [0.717, 1.165) is 47.7 Å². The van der Waals surface area contributed by atoms with Crippen LogP contribution in [0.1, 0.15) is 23.4 Å². The molecule has 1 aliphatic rings. The Morgan fingerprint density at radius 3 is 2.87 bits per heavy atom. The molecular formula is C17H21FN4O. The number of rotatable bonds is 3. The number of hydrogen-bond acceptors (Lipinski definition) is 3. The molecule has 0 bridgehead atoms. The van der Waals surface area contributed by atoms with Crippen molar-refractivity contribution >= 4 is 17.3 Å². The number of halogens is 1. The molecule has 0 fully saturated rings. The third-order valence-electron chi connectivity index (χ3n) is 4.36. The number of aromatic nitrogens is 2. The Kier molecular flexibility index (Phi) is 4.07. The number of carbonyl (C=O) groups is 1. The van der Waals surface area contributed by atoms with Crippen LogP contribution in [0, 0.1) is 19.7 Å². The zero-order valence-corrected chi connectivity index (χ0v) is 13.7. The molecule has 0 saturated carbocycles. The van der Waals surface area contributed by atoms with E-state index in [0.29, 0.717) is 0 Å². The van der Waals surface area contributed by atoms with E-state index in [4.69, 9.17) is 0 Å². The van der Waals surface area contributed by atoms with Crippen molar-refractivity contribution in [2.75, 3.05) is 23.3 Å². The molecule has 1 aromatic heterocycles. The summed E-state index contributed by atoms with van der Waals surface area (Å²) in [5.41, 5.74) is 4.43. The second-order valence-corrected chi connectivity index (χ2v) is 6.02. The van der Waals surface area contributed by atoms with Crippen LogP contribution >= 0.6 is 0 Å². The van der Waals surface area contributed by atoms with Gasteiger partial charge in [-0.15, -0.1) is 0 Å². The first-order valence-electron chi connectivity index (χ1n) is 7.79. The fraction of sp³-hybridized carbons (Fsp3) is 0.412. The van der Waals surface area contributed by atoms with Crippen LogP contribution in [0.25, 0.3) is 0 Å². The normalized spacial score (nSPS) is 13.8. The third-order valence-corrected chi connectivity index (χ3v) is 4.36. The van der Waals surface area contributed by atoms with Gasteiger partial charge in [0.05, 0.1) is 23.6 Å². The highest BCUT2D eigenvalue weighted by molar-refractivity contribution is 5.95. The van der Waals surface area contributed by atoms with Crippen molar-refractivity contribution in [3.8, 4) is 0 Å². The van der Waals surface area contributed by atoms with Gasteiger partial charge in [-0.2, -0.15) is 5.10 Å². The molecular weight excluding hydrogens is 295 g/mol.